The first-order valence-corrected chi connectivity index (χ1v) is 10.2. The third kappa shape index (κ3) is 6.73. The Morgan fingerprint density at radius 3 is 2.31 bits per heavy atom. The molecule has 1 fully saturated rings. The maximum Gasteiger partial charge on any atom is 0.194 e. The summed E-state index contributed by atoms with van der Waals surface area (Å²) in [5, 5.41) is 0. The van der Waals surface area contributed by atoms with Gasteiger partial charge in [0.15, 0.2) is 23.0 Å². The van der Waals surface area contributed by atoms with Crippen molar-refractivity contribution in [2.45, 2.75) is 13.3 Å². The largest absolute Gasteiger partial charge is 0.490 e. The number of hydrogen-bond donors (Lipinski definition) is 0. The van der Waals surface area contributed by atoms with Crippen LogP contribution in [0.1, 0.15) is 18.9 Å². The summed E-state index contributed by atoms with van der Waals surface area (Å²) in [6, 6.07) is 17.2. The average molecular weight is 395 g/mol. The van der Waals surface area contributed by atoms with Crippen LogP contribution in [0, 0.1) is 0 Å². The molecule has 29 heavy (non-hydrogen) atoms. The minimum absolute atomic E-state index is 0.126. The van der Waals surface area contributed by atoms with Crippen LogP contribution in [-0.2, 0) is 4.79 Å². The Labute approximate surface area is 173 Å². The van der Waals surface area contributed by atoms with E-state index in [1.54, 1.807) is 6.08 Å². The first kappa shape index (κ1) is 21.1. The van der Waals surface area contributed by atoms with Crippen molar-refractivity contribution in [3.05, 3.63) is 65.9 Å². The molecule has 1 heterocycles. The first-order chi connectivity index (χ1) is 14.1. The molecular weight excluding hydrogens is 364 g/mol. The van der Waals surface area contributed by atoms with Crippen molar-refractivity contribution in [3.8, 4) is 11.5 Å². The van der Waals surface area contributed by atoms with Crippen LogP contribution in [0.25, 0.3) is 6.08 Å². The van der Waals surface area contributed by atoms with Crippen LogP contribution >= 0.6 is 0 Å². The minimum atomic E-state index is -0.126. The van der Waals surface area contributed by atoms with Crippen LogP contribution in [0.15, 0.2) is 60.4 Å². The predicted molar refractivity (Wildman–Crippen MR) is 116 cm³/mol. The van der Waals surface area contributed by atoms with Gasteiger partial charge < -0.3 is 19.3 Å². The second-order valence-corrected chi connectivity index (χ2v) is 7.37. The summed E-state index contributed by atoms with van der Waals surface area (Å²) in [5.41, 5.74) is 0.920. The Bertz CT molecular complexity index is 812. The number of carbonyl (C=O) groups excluding carboxylic acids is 1. The van der Waals surface area contributed by atoms with Crippen LogP contribution in [0.5, 0.6) is 11.5 Å². The van der Waals surface area contributed by atoms with Gasteiger partial charge in [0.1, 0.15) is 0 Å². The highest BCUT2D eigenvalue weighted by molar-refractivity contribution is 5.96. The number of hydrogen-bond acceptors (Lipinski definition) is 5. The van der Waals surface area contributed by atoms with Gasteiger partial charge in [0.2, 0.25) is 0 Å². The Morgan fingerprint density at radius 1 is 0.966 bits per heavy atom. The molecule has 0 amide bonds. The SMILES string of the molecule is CC(=O)/C(=C\c1ccccc1)Oc1ccccc1OCCCN1CCN(C)CC1. The summed E-state index contributed by atoms with van der Waals surface area (Å²) in [6.07, 6.45) is 2.71. The van der Waals surface area contributed by atoms with Crippen molar-refractivity contribution in [1.29, 1.82) is 0 Å². The molecule has 154 valence electrons. The van der Waals surface area contributed by atoms with E-state index in [1.807, 2.05) is 54.6 Å². The zero-order valence-corrected chi connectivity index (χ0v) is 17.3. The third-order valence-electron chi connectivity index (χ3n) is 4.99. The van der Waals surface area contributed by atoms with Crippen LogP contribution in [-0.4, -0.2) is 62.0 Å². The van der Waals surface area contributed by atoms with E-state index in [0.717, 1.165) is 44.7 Å². The molecule has 1 aliphatic heterocycles. The standard InChI is InChI=1S/C24H30N2O3/c1-20(27)24(19-21-9-4-3-5-10-21)29-23-12-7-6-11-22(23)28-18-8-13-26-16-14-25(2)15-17-26/h3-7,9-12,19H,8,13-18H2,1-2H3/b24-19+. The van der Waals surface area contributed by atoms with Gasteiger partial charge in [-0.15, -0.1) is 0 Å². The number of piperazine rings is 1. The van der Waals surface area contributed by atoms with Gasteiger partial charge in [0.05, 0.1) is 6.61 Å². The van der Waals surface area contributed by atoms with E-state index >= 15 is 0 Å². The molecule has 0 aliphatic carbocycles. The lowest BCUT2D eigenvalue weighted by molar-refractivity contribution is -0.115. The number of para-hydroxylation sites is 2. The van der Waals surface area contributed by atoms with Gasteiger partial charge in [-0.1, -0.05) is 42.5 Å². The Kier molecular flexibility index (Phi) is 7.85. The highest BCUT2D eigenvalue weighted by atomic mass is 16.5. The lowest BCUT2D eigenvalue weighted by atomic mass is 10.2. The number of allylic oxidation sites excluding steroid dienone is 1. The predicted octanol–water partition coefficient (Wildman–Crippen LogP) is 3.71. The number of carbonyl (C=O) groups is 1. The molecular formula is C24H30N2O3. The van der Waals surface area contributed by atoms with Crippen LogP contribution in [0.2, 0.25) is 0 Å². The van der Waals surface area contributed by atoms with Gasteiger partial charge in [0.25, 0.3) is 0 Å². The second-order valence-electron chi connectivity index (χ2n) is 7.37. The van der Waals surface area contributed by atoms with Crippen molar-refractivity contribution in [2.75, 3.05) is 46.4 Å². The smallest absolute Gasteiger partial charge is 0.194 e. The van der Waals surface area contributed by atoms with Gasteiger partial charge in [-0.2, -0.15) is 0 Å². The van der Waals surface area contributed by atoms with Gasteiger partial charge in [-0.25, -0.2) is 0 Å². The van der Waals surface area contributed by atoms with E-state index in [-0.39, 0.29) is 5.78 Å². The minimum Gasteiger partial charge on any atom is -0.490 e. The summed E-state index contributed by atoms with van der Waals surface area (Å²) < 4.78 is 11.9. The van der Waals surface area contributed by atoms with Crippen molar-refractivity contribution >= 4 is 11.9 Å². The molecule has 1 aliphatic rings. The molecule has 0 N–H and O–H groups in total. The number of likely N-dealkylation sites (N-methyl/N-ethyl adjacent to an activating group) is 1. The highest BCUT2D eigenvalue weighted by Crippen LogP contribution is 2.29. The molecule has 0 spiro atoms. The zero-order valence-electron chi connectivity index (χ0n) is 17.3. The molecule has 0 radical (unpaired) electrons. The van der Waals surface area contributed by atoms with Crippen LogP contribution in [0.4, 0.5) is 0 Å². The van der Waals surface area contributed by atoms with E-state index in [4.69, 9.17) is 9.47 Å². The van der Waals surface area contributed by atoms with E-state index in [1.165, 1.54) is 6.92 Å². The van der Waals surface area contributed by atoms with E-state index in [9.17, 15) is 4.79 Å². The fourth-order valence-corrected chi connectivity index (χ4v) is 3.22. The summed E-state index contributed by atoms with van der Waals surface area (Å²) in [6.45, 7) is 7.63. The lowest BCUT2D eigenvalue weighted by Crippen LogP contribution is -2.44. The molecule has 1 saturated heterocycles. The Hall–Kier alpha value is -2.63. The Balaban J connectivity index is 1.58. The highest BCUT2D eigenvalue weighted by Gasteiger charge is 2.14. The third-order valence-corrected chi connectivity index (χ3v) is 4.99. The molecule has 3 rings (SSSR count). The van der Waals surface area contributed by atoms with E-state index < -0.39 is 0 Å². The maximum absolute atomic E-state index is 12.1. The van der Waals surface area contributed by atoms with E-state index in [2.05, 4.69) is 16.8 Å². The van der Waals surface area contributed by atoms with Gasteiger partial charge in [-0.05, 0) is 37.2 Å². The van der Waals surface area contributed by atoms with E-state index in [0.29, 0.717) is 23.9 Å². The Morgan fingerprint density at radius 2 is 1.62 bits per heavy atom. The average Bonchev–Trinajstić information content (AvgIpc) is 2.73. The van der Waals surface area contributed by atoms with Crippen molar-refractivity contribution < 1.29 is 14.3 Å². The fraction of sp³-hybridized carbons (Fsp3) is 0.375. The number of Topliss-reactive ketones (excluding diaryl/α,β-unsaturated/α-hetero) is 1. The fourth-order valence-electron chi connectivity index (χ4n) is 3.22. The first-order valence-electron chi connectivity index (χ1n) is 10.2. The summed E-state index contributed by atoms with van der Waals surface area (Å²) in [5.74, 6) is 1.39. The van der Waals surface area contributed by atoms with Crippen LogP contribution in [0.3, 0.4) is 0 Å². The molecule has 2 aromatic rings. The number of ether oxygens (including phenoxy) is 2. The van der Waals surface area contributed by atoms with Gasteiger partial charge >= 0.3 is 0 Å². The van der Waals surface area contributed by atoms with Crippen molar-refractivity contribution in [3.63, 3.8) is 0 Å². The molecule has 2 aromatic carbocycles. The molecule has 5 nitrogen and oxygen atoms in total. The number of nitrogens with zero attached hydrogens (tertiary/aromatic N) is 2. The monoisotopic (exact) mass is 394 g/mol. The molecule has 0 bridgehead atoms. The maximum atomic E-state index is 12.1. The molecule has 0 atom stereocenters. The quantitative estimate of drug-likeness (QED) is 0.368. The number of benzene rings is 2. The summed E-state index contributed by atoms with van der Waals surface area (Å²) >= 11 is 0. The second kappa shape index (κ2) is 10.8. The molecule has 0 saturated carbocycles. The summed E-state index contributed by atoms with van der Waals surface area (Å²) in [7, 11) is 2.17. The van der Waals surface area contributed by atoms with Gasteiger partial charge in [-0.3, -0.25) is 4.79 Å². The normalized spacial score (nSPS) is 15.9. The summed E-state index contributed by atoms with van der Waals surface area (Å²) in [4.78, 5) is 16.9. The molecule has 0 aromatic heterocycles. The van der Waals surface area contributed by atoms with Crippen LogP contribution < -0.4 is 9.47 Å². The molecule has 5 heteroatoms. The van der Waals surface area contributed by atoms with Crippen molar-refractivity contribution in [1.82, 2.24) is 9.80 Å². The topological polar surface area (TPSA) is 42.0 Å². The molecule has 0 unspecified atom stereocenters. The lowest BCUT2D eigenvalue weighted by Gasteiger charge is -2.32. The zero-order chi connectivity index (χ0) is 20.5. The number of rotatable bonds is 9. The number of ketones is 1. The van der Waals surface area contributed by atoms with Crippen molar-refractivity contribution in [2.24, 2.45) is 0 Å². The van der Waals surface area contributed by atoms with Gasteiger partial charge in [0, 0.05) is 39.6 Å².